The molecule has 0 aromatic carbocycles. The van der Waals surface area contributed by atoms with Crippen molar-refractivity contribution in [1.29, 1.82) is 0 Å². The number of urea groups is 1. The molecule has 0 heterocycles. The van der Waals surface area contributed by atoms with Gasteiger partial charge in [0.05, 0.1) is 0 Å². The number of amides is 3. The highest BCUT2D eigenvalue weighted by molar-refractivity contribution is 5.85. The number of hydrogen-bond acceptors (Lipinski definition) is 4. The van der Waals surface area contributed by atoms with Crippen molar-refractivity contribution < 1.29 is 19.5 Å². The second kappa shape index (κ2) is 10.0. The Morgan fingerprint density at radius 3 is 2.20 bits per heavy atom. The van der Waals surface area contributed by atoms with Crippen LogP contribution >= 0.6 is 0 Å². The van der Waals surface area contributed by atoms with Crippen LogP contribution in [0.15, 0.2) is 0 Å². The molecule has 0 bridgehead atoms. The summed E-state index contributed by atoms with van der Waals surface area (Å²) in [5.41, 5.74) is 4.98. The second-order valence-electron chi connectivity index (χ2n) is 4.33. The lowest BCUT2D eigenvalue weighted by atomic mass is 10.3. The van der Waals surface area contributed by atoms with Crippen LogP contribution in [0.1, 0.15) is 20.3 Å². The van der Waals surface area contributed by atoms with Crippen LogP contribution in [0, 0.1) is 0 Å². The summed E-state index contributed by atoms with van der Waals surface area (Å²) < 4.78 is 0. The van der Waals surface area contributed by atoms with Crippen LogP contribution in [0.3, 0.4) is 0 Å². The number of carboxylic acid groups (broad SMARTS) is 1. The van der Waals surface area contributed by atoms with E-state index >= 15 is 0 Å². The minimum atomic E-state index is -1.19. The van der Waals surface area contributed by atoms with Gasteiger partial charge in [0, 0.05) is 6.54 Å². The smallest absolute Gasteiger partial charge is 0.323 e. The first kappa shape index (κ1) is 18.2. The van der Waals surface area contributed by atoms with Gasteiger partial charge in [-0.25, -0.2) is 4.79 Å². The molecule has 4 N–H and O–H groups in total. The number of carboxylic acids is 1. The summed E-state index contributed by atoms with van der Waals surface area (Å²) in [5, 5.41) is 11.3. The Hall–Kier alpha value is -1.83. The molecular weight excluding hydrogens is 264 g/mol. The topological polar surface area (TPSA) is 116 Å². The Balaban J connectivity index is 4.12. The zero-order valence-corrected chi connectivity index (χ0v) is 12.1. The Morgan fingerprint density at radius 1 is 1.15 bits per heavy atom. The number of primary amides is 1. The molecule has 0 aliphatic heterocycles. The van der Waals surface area contributed by atoms with Gasteiger partial charge in [-0.15, -0.1) is 0 Å². The van der Waals surface area contributed by atoms with Gasteiger partial charge >= 0.3 is 12.0 Å². The first-order chi connectivity index (χ1) is 9.40. The Labute approximate surface area is 118 Å². The summed E-state index contributed by atoms with van der Waals surface area (Å²) in [6.07, 6.45) is 0.755. The third kappa shape index (κ3) is 8.30. The molecule has 0 radical (unpaired) electrons. The molecule has 0 aromatic rings. The van der Waals surface area contributed by atoms with Gasteiger partial charge < -0.3 is 26.0 Å². The predicted molar refractivity (Wildman–Crippen MR) is 74.2 cm³/mol. The standard InChI is InChI=1S/C12H24N4O4/c1-3-15(4-2)7-5-6-14-12(20)16(8-10(13)17)9-11(18)19/h3-9H2,1-2H3,(H2,13,17)(H,14,20)(H,18,19). The van der Waals surface area contributed by atoms with E-state index in [2.05, 4.69) is 24.1 Å². The van der Waals surface area contributed by atoms with Gasteiger partial charge in [0.15, 0.2) is 0 Å². The van der Waals surface area contributed by atoms with E-state index in [1.54, 1.807) is 0 Å². The van der Waals surface area contributed by atoms with Crippen LogP contribution < -0.4 is 11.1 Å². The molecule has 0 saturated heterocycles. The quantitative estimate of drug-likeness (QED) is 0.460. The van der Waals surface area contributed by atoms with Crippen molar-refractivity contribution in [2.75, 3.05) is 39.3 Å². The third-order valence-electron chi connectivity index (χ3n) is 2.78. The van der Waals surface area contributed by atoms with Gasteiger partial charge in [0.25, 0.3) is 0 Å². The Bertz CT molecular complexity index is 315. The first-order valence-electron chi connectivity index (χ1n) is 6.65. The summed E-state index contributed by atoms with van der Waals surface area (Å²) in [5.74, 6) is -1.94. The molecule has 0 spiro atoms. The molecule has 116 valence electrons. The van der Waals surface area contributed by atoms with E-state index in [0.717, 1.165) is 31.0 Å². The fourth-order valence-electron chi connectivity index (χ4n) is 1.70. The van der Waals surface area contributed by atoms with Crippen LogP contribution in [-0.4, -0.2) is 72.1 Å². The molecule has 3 amide bonds. The highest BCUT2D eigenvalue weighted by Crippen LogP contribution is 1.92. The second-order valence-corrected chi connectivity index (χ2v) is 4.33. The van der Waals surface area contributed by atoms with E-state index in [9.17, 15) is 14.4 Å². The molecule has 0 aromatic heterocycles. The number of carbonyl (C=O) groups excluding carboxylic acids is 2. The molecule has 8 heteroatoms. The molecule has 20 heavy (non-hydrogen) atoms. The van der Waals surface area contributed by atoms with E-state index < -0.39 is 31.0 Å². The number of carbonyl (C=O) groups is 3. The minimum absolute atomic E-state index is 0.409. The van der Waals surface area contributed by atoms with E-state index in [0.29, 0.717) is 6.54 Å². The van der Waals surface area contributed by atoms with Crippen LogP contribution in [0.4, 0.5) is 4.79 Å². The monoisotopic (exact) mass is 288 g/mol. The van der Waals surface area contributed by atoms with Gasteiger partial charge in [-0.05, 0) is 26.1 Å². The van der Waals surface area contributed by atoms with Crippen molar-refractivity contribution in [1.82, 2.24) is 15.1 Å². The van der Waals surface area contributed by atoms with E-state index in [-0.39, 0.29) is 0 Å². The van der Waals surface area contributed by atoms with Gasteiger partial charge in [0.1, 0.15) is 13.1 Å². The van der Waals surface area contributed by atoms with Crippen molar-refractivity contribution in [2.45, 2.75) is 20.3 Å². The summed E-state index contributed by atoms with van der Waals surface area (Å²) in [6, 6.07) is -0.592. The zero-order chi connectivity index (χ0) is 15.5. The van der Waals surface area contributed by atoms with E-state index in [1.165, 1.54) is 0 Å². The molecule has 0 unspecified atom stereocenters. The number of nitrogens with zero attached hydrogens (tertiary/aromatic N) is 2. The fraction of sp³-hybridized carbons (Fsp3) is 0.750. The molecule has 0 atom stereocenters. The molecule has 0 rings (SSSR count). The van der Waals surface area contributed by atoms with Crippen molar-refractivity contribution >= 4 is 17.9 Å². The largest absolute Gasteiger partial charge is 0.480 e. The molecule has 0 aliphatic carbocycles. The molecule has 0 fully saturated rings. The van der Waals surface area contributed by atoms with Crippen LogP contribution in [0.5, 0.6) is 0 Å². The predicted octanol–water partition coefficient (Wildman–Crippen LogP) is -0.700. The number of aliphatic carboxylic acids is 1. The average Bonchev–Trinajstić information content (AvgIpc) is 2.36. The minimum Gasteiger partial charge on any atom is -0.480 e. The summed E-state index contributed by atoms with van der Waals surface area (Å²) in [4.78, 5) is 36.2. The maximum Gasteiger partial charge on any atom is 0.323 e. The Morgan fingerprint density at radius 2 is 1.75 bits per heavy atom. The Kier molecular flexibility index (Phi) is 9.10. The van der Waals surface area contributed by atoms with Crippen LogP contribution in [0.25, 0.3) is 0 Å². The highest BCUT2D eigenvalue weighted by Gasteiger charge is 2.18. The number of hydrogen-bond donors (Lipinski definition) is 3. The van der Waals surface area contributed by atoms with E-state index in [4.69, 9.17) is 10.8 Å². The van der Waals surface area contributed by atoms with Crippen molar-refractivity contribution in [3.63, 3.8) is 0 Å². The fourth-order valence-corrected chi connectivity index (χ4v) is 1.70. The molecule has 8 nitrogen and oxygen atoms in total. The lowest BCUT2D eigenvalue weighted by molar-refractivity contribution is -0.137. The SMILES string of the molecule is CCN(CC)CCCNC(=O)N(CC(N)=O)CC(=O)O. The average molecular weight is 288 g/mol. The third-order valence-corrected chi connectivity index (χ3v) is 2.78. The van der Waals surface area contributed by atoms with Crippen molar-refractivity contribution in [3.8, 4) is 0 Å². The van der Waals surface area contributed by atoms with E-state index in [1.807, 2.05) is 0 Å². The summed E-state index contributed by atoms with van der Waals surface area (Å²) in [6.45, 7) is 6.31. The normalized spacial score (nSPS) is 10.3. The van der Waals surface area contributed by atoms with Crippen molar-refractivity contribution in [3.05, 3.63) is 0 Å². The van der Waals surface area contributed by atoms with Crippen LogP contribution in [-0.2, 0) is 9.59 Å². The lowest BCUT2D eigenvalue weighted by Crippen LogP contribution is -2.47. The van der Waals surface area contributed by atoms with Gasteiger partial charge in [0.2, 0.25) is 5.91 Å². The van der Waals surface area contributed by atoms with Gasteiger partial charge in [-0.3, -0.25) is 9.59 Å². The number of rotatable bonds is 10. The van der Waals surface area contributed by atoms with Crippen LogP contribution in [0.2, 0.25) is 0 Å². The first-order valence-corrected chi connectivity index (χ1v) is 6.65. The molecular formula is C12H24N4O4. The summed E-state index contributed by atoms with van der Waals surface area (Å²) in [7, 11) is 0. The maximum absolute atomic E-state index is 11.7. The van der Waals surface area contributed by atoms with Gasteiger partial charge in [-0.1, -0.05) is 13.8 Å². The highest BCUT2D eigenvalue weighted by atomic mass is 16.4. The van der Waals surface area contributed by atoms with Crippen molar-refractivity contribution in [2.24, 2.45) is 5.73 Å². The summed E-state index contributed by atoms with van der Waals surface area (Å²) >= 11 is 0. The van der Waals surface area contributed by atoms with Gasteiger partial charge in [-0.2, -0.15) is 0 Å². The number of nitrogens with one attached hydrogen (secondary N) is 1. The molecule has 0 aliphatic rings. The molecule has 0 saturated carbocycles. The lowest BCUT2D eigenvalue weighted by Gasteiger charge is -2.21. The number of nitrogens with two attached hydrogens (primary N) is 1. The maximum atomic E-state index is 11.7. The zero-order valence-electron chi connectivity index (χ0n) is 12.1.